The van der Waals surface area contributed by atoms with Gasteiger partial charge in [-0.25, -0.2) is 9.18 Å². The number of aliphatic hydroxyl groups is 1. The number of benzene rings is 1. The van der Waals surface area contributed by atoms with Crippen LogP contribution in [0.4, 0.5) is 20.6 Å². The topological polar surface area (TPSA) is 77.1 Å². The van der Waals surface area contributed by atoms with Crippen LogP contribution in [0.5, 0.6) is 0 Å². The van der Waals surface area contributed by atoms with Crippen molar-refractivity contribution in [2.24, 2.45) is 0 Å². The van der Waals surface area contributed by atoms with E-state index in [-0.39, 0.29) is 30.0 Å². The van der Waals surface area contributed by atoms with Crippen LogP contribution in [0.1, 0.15) is 32.1 Å². The van der Waals surface area contributed by atoms with Crippen molar-refractivity contribution in [3.05, 3.63) is 24.0 Å². The lowest BCUT2D eigenvalue weighted by Crippen LogP contribution is -2.50. The van der Waals surface area contributed by atoms with E-state index in [1.165, 1.54) is 6.07 Å². The van der Waals surface area contributed by atoms with Gasteiger partial charge in [0.15, 0.2) is 0 Å². The lowest BCUT2D eigenvalue weighted by atomic mass is 10.0. The molecule has 3 fully saturated rings. The molecule has 160 valence electrons. The summed E-state index contributed by atoms with van der Waals surface area (Å²) in [5.41, 5.74) is 0.990. The number of halogens is 1. The van der Waals surface area contributed by atoms with E-state index in [0.717, 1.165) is 45.2 Å². The highest BCUT2D eigenvalue weighted by atomic mass is 19.1. The van der Waals surface area contributed by atoms with E-state index in [4.69, 9.17) is 4.74 Å². The second kappa shape index (κ2) is 9.28. The van der Waals surface area contributed by atoms with E-state index in [2.05, 4.69) is 15.5 Å². The summed E-state index contributed by atoms with van der Waals surface area (Å²) in [7, 11) is 0. The Labute approximate surface area is 171 Å². The highest BCUT2D eigenvalue weighted by Crippen LogP contribution is 2.27. The molecule has 7 nitrogen and oxygen atoms in total. The molecule has 2 amide bonds. The van der Waals surface area contributed by atoms with Crippen molar-refractivity contribution in [1.82, 2.24) is 10.2 Å². The molecule has 2 atom stereocenters. The SMILES string of the molecule is O=C(Nc1ccc(N2CCOCC2)c(F)c1)NC1CCN([C@H]2CCC[C@@H]2O)CC1. The Kier molecular flexibility index (Phi) is 6.52. The number of nitrogens with one attached hydrogen (secondary N) is 2. The number of piperidine rings is 1. The molecule has 3 aliphatic rings. The average molecular weight is 407 g/mol. The molecule has 4 rings (SSSR count). The first-order valence-electron chi connectivity index (χ1n) is 10.7. The summed E-state index contributed by atoms with van der Waals surface area (Å²) in [6, 6.07) is 4.89. The zero-order valence-corrected chi connectivity index (χ0v) is 16.8. The van der Waals surface area contributed by atoms with Crippen molar-refractivity contribution < 1.29 is 19.0 Å². The summed E-state index contributed by atoms with van der Waals surface area (Å²) < 4.78 is 19.8. The van der Waals surface area contributed by atoms with Gasteiger partial charge in [0.25, 0.3) is 0 Å². The Morgan fingerprint density at radius 2 is 1.86 bits per heavy atom. The molecule has 2 saturated heterocycles. The van der Waals surface area contributed by atoms with E-state index >= 15 is 0 Å². The minimum absolute atomic E-state index is 0.0993. The summed E-state index contributed by atoms with van der Waals surface area (Å²) in [6.45, 7) is 4.30. The second-order valence-corrected chi connectivity index (χ2v) is 8.24. The number of anilines is 2. The van der Waals surface area contributed by atoms with E-state index in [9.17, 15) is 14.3 Å². The fourth-order valence-corrected chi connectivity index (χ4v) is 4.72. The quantitative estimate of drug-likeness (QED) is 0.714. The number of nitrogens with zero attached hydrogens (tertiary/aromatic N) is 2. The molecule has 0 bridgehead atoms. The molecule has 29 heavy (non-hydrogen) atoms. The third kappa shape index (κ3) is 4.99. The van der Waals surface area contributed by atoms with Crippen molar-refractivity contribution in [2.45, 2.75) is 50.3 Å². The van der Waals surface area contributed by atoms with Gasteiger partial charge in [-0.05, 0) is 50.3 Å². The van der Waals surface area contributed by atoms with Gasteiger partial charge in [0.05, 0.1) is 25.0 Å². The van der Waals surface area contributed by atoms with Crippen LogP contribution in [0, 0.1) is 5.82 Å². The zero-order valence-electron chi connectivity index (χ0n) is 16.8. The van der Waals surface area contributed by atoms with Gasteiger partial charge in [-0.2, -0.15) is 0 Å². The molecule has 8 heteroatoms. The lowest BCUT2D eigenvalue weighted by molar-refractivity contribution is 0.0537. The number of hydrogen-bond donors (Lipinski definition) is 3. The van der Waals surface area contributed by atoms with Crippen molar-refractivity contribution in [2.75, 3.05) is 49.6 Å². The van der Waals surface area contributed by atoms with Gasteiger partial charge >= 0.3 is 6.03 Å². The second-order valence-electron chi connectivity index (χ2n) is 8.24. The normalized spacial score (nSPS) is 26.5. The van der Waals surface area contributed by atoms with E-state index in [1.807, 2.05) is 4.90 Å². The number of carbonyl (C=O) groups excluding carboxylic acids is 1. The van der Waals surface area contributed by atoms with Crippen LogP contribution in [-0.4, -0.2) is 73.6 Å². The van der Waals surface area contributed by atoms with Crippen LogP contribution in [0.25, 0.3) is 0 Å². The number of ether oxygens (including phenoxy) is 1. The van der Waals surface area contributed by atoms with Crippen LogP contribution in [0.15, 0.2) is 18.2 Å². The standard InChI is InChI=1S/C21H31FN4O3/c22-17-14-16(4-5-18(17)26-10-12-29-13-11-26)24-21(28)23-15-6-8-25(9-7-15)19-2-1-3-20(19)27/h4-5,14-15,19-20,27H,1-3,6-13H2,(H2,23,24,28)/t19-,20-/m0/s1. The Balaban J connectivity index is 1.25. The Morgan fingerprint density at radius 3 is 2.52 bits per heavy atom. The number of likely N-dealkylation sites (tertiary alicyclic amines) is 1. The van der Waals surface area contributed by atoms with Crippen LogP contribution < -0.4 is 15.5 Å². The average Bonchev–Trinajstić information content (AvgIpc) is 3.15. The number of rotatable bonds is 4. The number of morpholine rings is 1. The fraction of sp³-hybridized carbons (Fsp3) is 0.667. The molecule has 0 radical (unpaired) electrons. The summed E-state index contributed by atoms with van der Waals surface area (Å²) in [5, 5.41) is 15.8. The predicted octanol–water partition coefficient (Wildman–Crippen LogP) is 2.16. The fourth-order valence-electron chi connectivity index (χ4n) is 4.72. The summed E-state index contributed by atoms with van der Waals surface area (Å²) in [6.07, 6.45) is 4.56. The van der Waals surface area contributed by atoms with Crippen LogP contribution in [0.2, 0.25) is 0 Å². The Morgan fingerprint density at radius 1 is 1.10 bits per heavy atom. The lowest BCUT2D eigenvalue weighted by Gasteiger charge is -2.37. The molecule has 0 aromatic heterocycles. The highest BCUT2D eigenvalue weighted by Gasteiger charge is 2.33. The first-order valence-corrected chi connectivity index (χ1v) is 10.7. The molecular formula is C21H31FN4O3. The third-order valence-electron chi connectivity index (χ3n) is 6.34. The highest BCUT2D eigenvalue weighted by molar-refractivity contribution is 5.89. The van der Waals surface area contributed by atoms with Gasteiger partial charge in [0.2, 0.25) is 0 Å². The monoisotopic (exact) mass is 406 g/mol. The van der Waals surface area contributed by atoms with Crippen LogP contribution in [0.3, 0.4) is 0 Å². The number of aliphatic hydroxyl groups excluding tert-OH is 1. The molecule has 0 spiro atoms. The van der Waals surface area contributed by atoms with Gasteiger partial charge in [-0.15, -0.1) is 0 Å². The van der Waals surface area contributed by atoms with Gasteiger partial charge in [-0.3, -0.25) is 4.90 Å². The molecule has 2 heterocycles. The van der Waals surface area contributed by atoms with Gasteiger partial charge in [0, 0.05) is 44.0 Å². The minimum atomic E-state index is -0.340. The number of hydrogen-bond acceptors (Lipinski definition) is 5. The predicted molar refractivity (Wildman–Crippen MR) is 110 cm³/mol. The molecule has 1 saturated carbocycles. The first-order chi connectivity index (χ1) is 14.1. The van der Waals surface area contributed by atoms with Gasteiger partial charge < -0.3 is 25.4 Å². The number of amides is 2. The van der Waals surface area contributed by atoms with Crippen molar-refractivity contribution in [3.63, 3.8) is 0 Å². The molecule has 1 aromatic carbocycles. The molecule has 2 aliphatic heterocycles. The van der Waals surface area contributed by atoms with Crippen molar-refractivity contribution >= 4 is 17.4 Å². The third-order valence-corrected chi connectivity index (χ3v) is 6.34. The van der Waals surface area contributed by atoms with E-state index in [1.54, 1.807) is 12.1 Å². The van der Waals surface area contributed by atoms with E-state index < -0.39 is 0 Å². The maximum Gasteiger partial charge on any atom is 0.319 e. The van der Waals surface area contributed by atoms with Crippen LogP contribution >= 0.6 is 0 Å². The summed E-state index contributed by atoms with van der Waals surface area (Å²) >= 11 is 0. The van der Waals surface area contributed by atoms with Crippen molar-refractivity contribution in [3.8, 4) is 0 Å². The number of carbonyl (C=O) groups is 1. The smallest absolute Gasteiger partial charge is 0.319 e. The van der Waals surface area contributed by atoms with E-state index in [0.29, 0.717) is 37.7 Å². The maximum absolute atomic E-state index is 14.5. The molecule has 0 unspecified atom stereocenters. The summed E-state index contributed by atoms with van der Waals surface area (Å²) in [5.74, 6) is -0.340. The molecular weight excluding hydrogens is 375 g/mol. The van der Waals surface area contributed by atoms with Crippen molar-refractivity contribution in [1.29, 1.82) is 0 Å². The largest absolute Gasteiger partial charge is 0.391 e. The molecule has 3 N–H and O–H groups in total. The molecule has 1 aliphatic carbocycles. The summed E-state index contributed by atoms with van der Waals surface area (Å²) in [4.78, 5) is 16.7. The number of urea groups is 1. The maximum atomic E-state index is 14.5. The Hall–Kier alpha value is -1.90. The van der Waals surface area contributed by atoms with Crippen LogP contribution in [-0.2, 0) is 4.74 Å². The first kappa shape index (κ1) is 20.4. The molecule has 1 aromatic rings. The minimum Gasteiger partial charge on any atom is -0.391 e. The van der Waals surface area contributed by atoms with Gasteiger partial charge in [-0.1, -0.05) is 0 Å². The zero-order chi connectivity index (χ0) is 20.2. The Bertz CT molecular complexity index is 705. The van der Waals surface area contributed by atoms with Gasteiger partial charge in [0.1, 0.15) is 5.82 Å².